The predicted octanol–water partition coefficient (Wildman–Crippen LogP) is 3.51. The number of aromatic nitrogens is 2. The van der Waals surface area contributed by atoms with Crippen LogP contribution in [0.2, 0.25) is 0 Å². The van der Waals surface area contributed by atoms with Gasteiger partial charge in [0.05, 0.1) is 11.1 Å². The second kappa shape index (κ2) is 9.72. The van der Waals surface area contributed by atoms with Crippen molar-refractivity contribution in [3.8, 4) is 11.1 Å². The van der Waals surface area contributed by atoms with E-state index in [-0.39, 0.29) is 21.4 Å². The Bertz CT molecular complexity index is 1680. The molecule has 3 aromatic carbocycles. The van der Waals surface area contributed by atoms with Gasteiger partial charge in [0.25, 0.3) is 5.91 Å². The number of imidazole rings is 1. The molecule has 4 aromatic rings. The van der Waals surface area contributed by atoms with Gasteiger partial charge in [-0.2, -0.15) is 0 Å². The first-order valence-electron chi connectivity index (χ1n) is 11.3. The number of amides is 1. The molecule has 1 aromatic heterocycles. The van der Waals surface area contributed by atoms with Crippen LogP contribution >= 0.6 is 11.6 Å². The minimum absolute atomic E-state index is 0.0429. The van der Waals surface area contributed by atoms with E-state index in [4.69, 9.17) is 11.6 Å². The zero-order valence-electron chi connectivity index (χ0n) is 19.3. The molecule has 0 spiro atoms. The lowest BCUT2D eigenvalue weighted by atomic mass is 9.98. The summed E-state index contributed by atoms with van der Waals surface area (Å²) in [6.07, 6.45) is 1.66. The molecule has 11 heteroatoms. The molecule has 0 saturated carbocycles. The minimum atomic E-state index is -4.20. The van der Waals surface area contributed by atoms with Crippen LogP contribution in [0, 0.1) is 0 Å². The summed E-state index contributed by atoms with van der Waals surface area (Å²) < 4.78 is 28.2. The average molecular weight is 537 g/mol. The van der Waals surface area contributed by atoms with Crippen molar-refractivity contribution in [2.45, 2.75) is 16.3 Å². The molecular weight excluding hydrogens is 516 g/mol. The maximum absolute atomic E-state index is 13.8. The van der Waals surface area contributed by atoms with Crippen molar-refractivity contribution in [3.05, 3.63) is 94.5 Å². The number of nitrogens with zero attached hydrogens (tertiary/aromatic N) is 1. The maximum atomic E-state index is 13.8. The third-order valence-electron chi connectivity index (χ3n) is 6.06. The number of alkyl halides is 1. The Kier molecular flexibility index (Phi) is 6.45. The molecule has 1 aliphatic rings. The zero-order valence-corrected chi connectivity index (χ0v) is 20.9. The van der Waals surface area contributed by atoms with E-state index in [1.54, 1.807) is 6.07 Å². The first-order chi connectivity index (χ1) is 17.8. The van der Waals surface area contributed by atoms with Crippen molar-refractivity contribution in [2.24, 2.45) is 0 Å². The largest absolute Gasteiger partial charge is 0.384 e. The average Bonchev–Trinajstić information content (AvgIpc) is 3.55. The van der Waals surface area contributed by atoms with Crippen molar-refractivity contribution in [1.29, 1.82) is 0 Å². The van der Waals surface area contributed by atoms with Crippen molar-refractivity contribution < 1.29 is 18.0 Å². The highest BCUT2D eigenvalue weighted by molar-refractivity contribution is 7.91. The Balaban J connectivity index is 1.53. The summed E-state index contributed by atoms with van der Waals surface area (Å²) in [4.78, 5) is 39.5. The molecule has 1 aliphatic heterocycles. The van der Waals surface area contributed by atoms with Crippen LogP contribution in [0.1, 0.15) is 15.9 Å². The third kappa shape index (κ3) is 4.56. The number of halogens is 1. The van der Waals surface area contributed by atoms with E-state index in [9.17, 15) is 22.8 Å². The van der Waals surface area contributed by atoms with Crippen LogP contribution in [0.15, 0.2) is 87.6 Å². The second-order valence-electron chi connectivity index (χ2n) is 8.37. The third-order valence-corrected chi connectivity index (χ3v) is 8.01. The minimum Gasteiger partial charge on any atom is -0.384 e. The lowest BCUT2D eigenvalue weighted by Gasteiger charge is -2.14. The second-order valence-corrected chi connectivity index (χ2v) is 10.5. The van der Waals surface area contributed by atoms with Crippen LogP contribution in [-0.2, 0) is 21.1 Å². The van der Waals surface area contributed by atoms with Crippen molar-refractivity contribution in [3.63, 3.8) is 0 Å². The number of hydrogen-bond acceptors (Lipinski definition) is 6. The fourth-order valence-electron chi connectivity index (χ4n) is 4.33. The molecule has 188 valence electrons. The molecule has 0 atom stereocenters. The van der Waals surface area contributed by atoms with E-state index in [0.717, 1.165) is 27.6 Å². The standard InChI is InChI=1S/C26H21ClN4O5S/c27-14-22(32)29-18-8-6-17(7-9-18)25(33)31-15-23(30-26(31)34)37(35,36)21-11-10-20-19(12-13-28-20)24(21)16-4-2-1-3-5-16/h1-11,15,28H,12-14H2,(H,29,32)(H,30,34). The van der Waals surface area contributed by atoms with Gasteiger partial charge >= 0.3 is 5.69 Å². The number of aromatic amines is 1. The van der Waals surface area contributed by atoms with E-state index in [1.165, 1.54) is 30.3 Å². The van der Waals surface area contributed by atoms with E-state index in [1.807, 2.05) is 30.3 Å². The Morgan fingerprint density at radius 3 is 2.43 bits per heavy atom. The maximum Gasteiger partial charge on any atom is 0.333 e. The molecule has 0 aliphatic carbocycles. The molecule has 9 nitrogen and oxygen atoms in total. The summed E-state index contributed by atoms with van der Waals surface area (Å²) in [5.41, 5.74) is 2.72. The van der Waals surface area contributed by atoms with Gasteiger partial charge in [0.2, 0.25) is 15.7 Å². The smallest absolute Gasteiger partial charge is 0.333 e. The number of benzene rings is 3. The van der Waals surface area contributed by atoms with Crippen LogP contribution in [0.25, 0.3) is 11.1 Å². The van der Waals surface area contributed by atoms with Crippen LogP contribution < -0.4 is 16.3 Å². The first-order valence-corrected chi connectivity index (χ1v) is 13.3. The van der Waals surface area contributed by atoms with Crippen LogP contribution in [0.4, 0.5) is 11.4 Å². The van der Waals surface area contributed by atoms with E-state index >= 15 is 0 Å². The van der Waals surface area contributed by atoms with Gasteiger partial charge in [0, 0.05) is 29.0 Å². The molecule has 0 fully saturated rings. The molecule has 0 radical (unpaired) electrons. The monoisotopic (exact) mass is 536 g/mol. The Labute approximate surface area is 217 Å². The first kappa shape index (κ1) is 24.5. The Morgan fingerprint density at radius 1 is 1.00 bits per heavy atom. The molecular formula is C26H21ClN4O5S. The summed E-state index contributed by atoms with van der Waals surface area (Å²) in [5.74, 6) is -1.35. The summed E-state index contributed by atoms with van der Waals surface area (Å²) in [5, 5.41) is 5.42. The van der Waals surface area contributed by atoms with Gasteiger partial charge in [-0.05, 0) is 53.9 Å². The highest BCUT2D eigenvalue weighted by atomic mass is 35.5. The molecule has 0 unspecified atom stereocenters. The van der Waals surface area contributed by atoms with Gasteiger partial charge in [-0.25, -0.2) is 17.8 Å². The van der Waals surface area contributed by atoms with E-state index in [2.05, 4.69) is 15.6 Å². The van der Waals surface area contributed by atoms with Crippen LogP contribution in [0.5, 0.6) is 0 Å². The molecule has 2 heterocycles. The SMILES string of the molecule is O=C(CCl)Nc1ccc(C(=O)n2cc(S(=O)(=O)c3ccc4c(c3-c3ccccc3)CCN4)[nH]c2=O)cc1. The number of carbonyl (C=O) groups is 2. The molecule has 37 heavy (non-hydrogen) atoms. The summed E-state index contributed by atoms with van der Waals surface area (Å²) >= 11 is 5.48. The summed E-state index contributed by atoms with van der Waals surface area (Å²) in [7, 11) is -4.20. The van der Waals surface area contributed by atoms with Gasteiger partial charge in [-0.15, -0.1) is 11.6 Å². The molecule has 1 amide bonds. The number of hydrogen-bond donors (Lipinski definition) is 3. The van der Waals surface area contributed by atoms with Crippen molar-refractivity contribution >= 4 is 44.6 Å². The van der Waals surface area contributed by atoms with Gasteiger partial charge in [0.15, 0.2) is 5.03 Å². The fraction of sp³-hybridized carbons (Fsp3) is 0.115. The highest BCUT2D eigenvalue weighted by Gasteiger charge is 2.29. The topological polar surface area (TPSA) is 130 Å². The number of anilines is 2. The number of carbonyl (C=O) groups excluding carboxylic acids is 2. The van der Waals surface area contributed by atoms with Crippen molar-refractivity contribution in [2.75, 3.05) is 23.1 Å². The Hall–Kier alpha value is -4.15. The zero-order chi connectivity index (χ0) is 26.2. The van der Waals surface area contributed by atoms with Gasteiger partial charge in [0.1, 0.15) is 5.88 Å². The quantitative estimate of drug-likeness (QED) is 0.323. The lowest BCUT2D eigenvalue weighted by molar-refractivity contribution is -0.113. The number of sulfone groups is 1. The predicted molar refractivity (Wildman–Crippen MR) is 140 cm³/mol. The Morgan fingerprint density at radius 2 is 1.73 bits per heavy atom. The van der Waals surface area contributed by atoms with E-state index in [0.29, 0.717) is 24.2 Å². The lowest BCUT2D eigenvalue weighted by Crippen LogP contribution is -2.24. The molecule has 5 rings (SSSR count). The highest BCUT2D eigenvalue weighted by Crippen LogP contribution is 2.39. The normalized spacial score (nSPS) is 12.6. The van der Waals surface area contributed by atoms with Crippen molar-refractivity contribution in [1.82, 2.24) is 9.55 Å². The van der Waals surface area contributed by atoms with E-state index < -0.39 is 27.3 Å². The summed E-state index contributed by atoms with van der Waals surface area (Å²) in [6.45, 7) is 0.689. The summed E-state index contributed by atoms with van der Waals surface area (Å²) in [6, 6.07) is 18.2. The van der Waals surface area contributed by atoms with Gasteiger partial charge in [-0.1, -0.05) is 30.3 Å². The number of rotatable bonds is 6. The molecule has 0 saturated heterocycles. The van der Waals surface area contributed by atoms with Crippen LogP contribution in [0.3, 0.4) is 0 Å². The number of nitrogens with one attached hydrogen (secondary N) is 3. The molecule has 0 bridgehead atoms. The van der Waals surface area contributed by atoms with Gasteiger partial charge < -0.3 is 10.6 Å². The number of fused-ring (bicyclic) bond motifs is 1. The number of H-pyrrole nitrogens is 1. The fourth-order valence-corrected chi connectivity index (χ4v) is 5.85. The van der Waals surface area contributed by atoms with Gasteiger partial charge in [-0.3, -0.25) is 14.6 Å². The molecule has 3 N–H and O–H groups in total. The van der Waals surface area contributed by atoms with Crippen LogP contribution in [-0.4, -0.2) is 42.2 Å².